The third-order valence-electron chi connectivity index (χ3n) is 4.34. The summed E-state index contributed by atoms with van der Waals surface area (Å²) in [5.41, 5.74) is 3.03. The summed E-state index contributed by atoms with van der Waals surface area (Å²) in [7, 11) is -3.88. The highest BCUT2D eigenvalue weighted by Gasteiger charge is 2.21. The van der Waals surface area contributed by atoms with E-state index in [1.807, 2.05) is 39.8 Å². The van der Waals surface area contributed by atoms with E-state index in [1.165, 1.54) is 17.4 Å². The minimum atomic E-state index is -3.88. The van der Waals surface area contributed by atoms with Crippen molar-refractivity contribution in [2.45, 2.75) is 49.1 Å². The van der Waals surface area contributed by atoms with Crippen molar-refractivity contribution in [1.82, 2.24) is 10.2 Å². The van der Waals surface area contributed by atoms with Crippen molar-refractivity contribution in [3.05, 3.63) is 58.7 Å². The summed E-state index contributed by atoms with van der Waals surface area (Å²) in [5, 5.41) is 11.4. The third kappa shape index (κ3) is 5.84. The predicted molar refractivity (Wildman–Crippen MR) is 127 cm³/mol. The van der Waals surface area contributed by atoms with Gasteiger partial charge in [-0.15, -0.1) is 10.2 Å². The molecule has 7 nitrogen and oxygen atoms in total. The topological polar surface area (TPSA) is 101 Å². The molecule has 1 amide bonds. The van der Waals surface area contributed by atoms with Crippen LogP contribution in [0.5, 0.6) is 0 Å². The van der Waals surface area contributed by atoms with E-state index in [4.69, 9.17) is 0 Å². The lowest BCUT2D eigenvalue weighted by Gasteiger charge is -2.14. The Morgan fingerprint density at radius 3 is 2.45 bits per heavy atom. The van der Waals surface area contributed by atoms with Crippen LogP contribution in [0.3, 0.4) is 0 Å². The summed E-state index contributed by atoms with van der Waals surface area (Å²) < 4.78 is 29.5. The normalized spacial score (nSPS) is 11.5. The number of carbonyl (C=O) groups excluding carboxylic acids is 1. The first-order valence-electron chi connectivity index (χ1n) is 9.57. The number of carbonyl (C=O) groups is 1. The number of thioether (sulfide) groups is 1. The van der Waals surface area contributed by atoms with Crippen LogP contribution in [0.4, 0.5) is 10.8 Å². The van der Waals surface area contributed by atoms with Crippen molar-refractivity contribution in [1.29, 1.82) is 0 Å². The van der Waals surface area contributed by atoms with Gasteiger partial charge in [-0.1, -0.05) is 55.1 Å². The van der Waals surface area contributed by atoms with Crippen molar-refractivity contribution in [2.75, 3.05) is 10.0 Å². The number of hydrogen-bond acceptors (Lipinski definition) is 7. The van der Waals surface area contributed by atoms with Crippen LogP contribution in [0.1, 0.15) is 40.9 Å². The van der Waals surface area contributed by atoms with Gasteiger partial charge in [-0.25, -0.2) is 8.42 Å². The maximum atomic E-state index is 13.1. The Labute approximate surface area is 190 Å². The van der Waals surface area contributed by atoms with E-state index in [0.717, 1.165) is 15.5 Å². The molecule has 0 atom stereocenters. The third-order valence-corrected chi connectivity index (χ3v) is 7.77. The maximum Gasteiger partial charge on any atom is 0.262 e. The number of aryl methyl sites for hydroxylation is 3. The van der Waals surface area contributed by atoms with Gasteiger partial charge in [-0.05, 0) is 55.7 Å². The van der Waals surface area contributed by atoms with Crippen molar-refractivity contribution >= 4 is 49.8 Å². The molecule has 0 unspecified atom stereocenters. The summed E-state index contributed by atoms with van der Waals surface area (Å²) in [6.07, 6.45) is 0. The zero-order valence-corrected chi connectivity index (χ0v) is 20.3. The number of sulfonamides is 1. The molecule has 3 rings (SSSR count). The van der Waals surface area contributed by atoms with Crippen LogP contribution in [0.25, 0.3) is 0 Å². The average Bonchev–Trinajstić information content (AvgIpc) is 3.10. The molecule has 3 aromatic rings. The molecular weight excluding hydrogens is 452 g/mol. The Kier molecular flexibility index (Phi) is 7.03. The molecule has 31 heavy (non-hydrogen) atoms. The van der Waals surface area contributed by atoms with Crippen LogP contribution in [0, 0.1) is 20.8 Å². The molecule has 0 aliphatic carbocycles. The van der Waals surface area contributed by atoms with Crippen LogP contribution >= 0.6 is 23.1 Å². The van der Waals surface area contributed by atoms with E-state index in [9.17, 15) is 13.2 Å². The average molecular weight is 477 g/mol. The first-order chi connectivity index (χ1) is 14.5. The number of anilines is 2. The van der Waals surface area contributed by atoms with E-state index in [-0.39, 0.29) is 10.5 Å². The van der Waals surface area contributed by atoms with Gasteiger partial charge in [0.25, 0.3) is 15.9 Å². The Balaban J connectivity index is 1.84. The van der Waals surface area contributed by atoms with Crippen LogP contribution < -0.4 is 10.0 Å². The SMILES string of the molecule is Cc1ccc(C)c(NS(=O)(=O)c2cc(C(=O)Nc3nnc(SC(C)C)s3)ccc2C)c1. The smallest absolute Gasteiger partial charge is 0.262 e. The second kappa shape index (κ2) is 9.37. The van der Waals surface area contributed by atoms with Gasteiger partial charge in [0.1, 0.15) is 0 Å². The molecular formula is C21H24N4O3S3. The van der Waals surface area contributed by atoms with Gasteiger partial charge in [0, 0.05) is 10.8 Å². The summed E-state index contributed by atoms with van der Waals surface area (Å²) >= 11 is 2.84. The lowest BCUT2D eigenvalue weighted by atomic mass is 10.1. The lowest BCUT2D eigenvalue weighted by molar-refractivity contribution is 0.102. The number of nitrogens with zero attached hydrogens (tertiary/aromatic N) is 2. The molecule has 0 saturated heterocycles. The van der Waals surface area contributed by atoms with Crippen LogP contribution in [-0.2, 0) is 10.0 Å². The fourth-order valence-electron chi connectivity index (χ4n) is 2.76. The van der Waals surface area contributed by atoms with Crippen LogP contribution in [-0.4, -0.2) is 29.8 Å². The lowest BCUT2D eigenvalue weighted by Crippen LogP contribution is -2.17. The molecule has 0 spiro atoms. The molecule has 10 heteroatoms. The fourth-order valence-corrected chi connectivity index (χ4v) is 6.12. The second-order valence-corrected chi connectivity index (χ2v) is 11.8. The quantitative estimate of drug-likeness (QED) is 0.367. The highest BCUT2D eigenvalue weighted by Crippen LogP contribution is 2.29. The standard InChI is InChI=1S/C21H24N4O3S3/c1-12(2)29-21-24-23-20(30-21)22-19(26)16-9-8-15(5)18(11-16)31(27,28)25-17-10-13(3)6-7-14(17)4/h6-12,25H,1-5H3,(H,22,23,26). The molecule has 0 saturated carbocycles. The maximum absolute atomic E-state index is 13.1. The number of rotatable bonds is 7. The van der Waals surface area contributed by atoms with Gasteiger partial charge in [0.05, 0.1) is 10.6 Å². The number of aromatic nitrogens is 2. The Bertz CT molecular complexity index is 1220. The second-order valence-electron chi connectivity index (χ2n) is 7.40. The molecule has 164 valence electrons. The largest absolute Gasteiger partial charge is 0.296 e. The Morgan fingerprint density at radius 1 is 1.03 bits per heavy atom. The number of amides is 1. The van der Waals surface area contributed by atoms with Crippen molar-refractivity contribution in [3.63, 3.8) is 0 Å². The predicted octanol–water partition coefficient (Wildman–Crippen LogP) is 5.02. The minimum absolute atomic E-state index is 0.0503. The van der Waals surface area contributed by atoms with E-state index < -0.39 is 15.9 Å². The molecule has 0 fully saturated rings. The van der Waals surface area contributed by atoms with Gasteiger partial charge in [-0.3, -0.25) is 14.8 Å². The van der Waals surface area contributed by atoms with E-state index in [2.05, 4.69) is 20.2 Å². The van der Waals surface area contributed by atoms with E-state index in [1.54, 1.807) is 36.9 Å². The molecule has 0 radical (unpaired) electrons. The minimum Gasteiger partial charge on any atom is -0.296 e. The van der Waals surface area contributed by atoms with E-state index in [0.29, 0.717) is 21.6 Å². The molecule has 0 bridgehead atoms. The zero-order chi connectivity index (χ0) is 22.8. The first-order valence-corrected chi connectivity index (χ1v) is 12.8. The van der Waals surface area contributed by atoms with Crippen molar-refractivity contribution in [2.24, 2.45) is 0 Å². The van der Waals surface area contributed by atoms with Gasteiger partial charge in [0.15, 0.2) is 4.34 Å². The monoisotopic (exact) mass is 476 g/mol. The molecule has 2 N–H and O–H groups in total. The molecule has 1 heterocycles. The van der Waals surface area contributed by atoms with Gasteiger partial charge < -0.3 is 0 Å². The molecule has 2 aromatic carbocycles. The summed E-state index contributed by atoms with van der Waals surface area (Å²) in [6, 6.07) is 10.1. The van der Waals surface area contributed by atoms with Gasteiger partial charge in [0.2, 0.25) is 5.13 Å². The Morgan fingerprint density at radius 2 is 1.74 bits per heavy atom. The highest BCUT2D eigenvalue weighted by atomic mass is 32.2. The van der Waals surface area contributed by atoms with Crippen LogP contribution in [0.15, 0.2) is 45.6 Å². The van der Waals surface area contributed by atoms with Crippen molar-refractivity contribution in [3.8, 4) is 0 Å². The molecule has 0 aliphatic heterocycles. The summed E-state index contributed by atoms with van der Waals surface area (Å²) in [4.78, 5) is 12.7. The zero-order valence-electron chi connectivity index (χ0n) is 17.9. The number of nitrogens with one attached hydrogen (secondary N) is 2. The Hall–Kier alpha value is -2.43. The van der Waals surface area contributed by atoms with Crippen LogP contribution in [0.2, 0.25) is 0 Å². The fraction of sp³-hybridized carbons (Fsp3) is 0.286. The molecule has 0 aliphatic rings. The molecule has 1 aromatic heterocycles. The number of hydrogen-bond donors (Lipinski definition) is 2. The highest BCUT2D eigenvalue weighted by molar-refractivity contribution is 8.01. The van der Waals surface area contributed by atoms with Gasteiger partial charge >= 0.3 is 0 Å². The summed E-state index contributed by atoms with van der Waals surface area (Å²) in [6.45, 7) is 9.52. The van der Waals surface area contributed by atoms with E-state index >= 15 is 0 Å². The number of benzene rings is 2. The van der Waals surface area contributed by atoms with Crippen molar-refractivity contribution < 1.29 is 13.2 Å². The van der Waals surface area contributed by atoms with Gasteiger partial charge in [-0.2, -0.15) is 0 Å². The first kappa shape index (κ1) is 23.2. The summed E-state index contributed by atoms with van der Waals surface area (Å²) in [5.74, 6) is -0.444.